The van der Waals surface area contributed by atoms with Gasteiger partial charge in [-0.1, -0.05) is 33.6 Å². The van der Waals surface area contributed by atoms with Gasteiger partial charge in [0.25, 0.3) is 0 Å². The highest BCUT2D eigenvalue weighted by molar-refractivity contribution is 5.72. The lowest BCUT2D eigenvalue weighted by Gasteiger charge is -1.95. The quantitative estimate of drug-likeness (QED) is 0.214. The van der Waals surface area contributed by atoms with Gasteiger partial charge in [0.2, 0.25) is 5.91 Å². The van der Waals surface area contributed by atoms with Crippen molar-refractivity contribution >= 4 is 41.7 Å². The maximum Gasteiger partial charge on any atom is 0.406 e. The van der Waals surface area contributed by atoms with Gasteiger partial charge in [-0.3, -0.25) is 24.0 Å². The average molecular weight is 843 g/mol. The molecule has 18 heteroatoms. The Morgan fingerprint density at radius 2 is 0.632 bits per heavy atom. The SMILES string of the molecule is CC(C)=O.CCCC.CCCOC.CCOC.CCOC.CCOC(=O)NC.CCOC(C)=O.CNC(C)=O.COC.COC(C)=O.COC(C)=O.COC(C)=O. The maximum atomic E-state index is 10.1. The molecule has 0 atom stereocenters. The molecule has 0 saturated heterocycles. The summed E-state index contributed by atoms with van der Waals surface area (Å²) in [6.45, 7) is 27.3. The van der Waals surface area contributed by atoms with Crippen LogP contribution in [0.2, 0.25) is 0 Å². The van der Waals surface area contributed by atoms with Crippen molar-refractivity contribution in [3.8, 4) is 0 Å². The Morgan fingerprint density at radius 1 is 0.404 bits per heavy atom. The Bertz CT molecular complexity index is 678. The van der Waals surface area contributed by atoms with Gasteiger partial charge in [0.15, 0.2) is 0 Å². The Kier molecular flexibility index (Phi) is 156. The normalized spacial score (nSPS) is 7.23. The van der Waals surface area contributed by atoms with Crippen LogP contribution in [0.25, 0.3) is 0 Å². The minimum Gasteiger partial charge on any atom is -0.469 e. The van der Waals surface area contributed by atoms with Gasteiger partial charge >= 0.3 is 30.0 Å². The van der Waals surface area contributed by atoms with E-state index < -0.39 is 0 Å². The number of carbonyl (C=O) groups excluding carboxylic acids is 7. The van der Waals surface area contributed by atoms with Crippen LogP contribution in [-0.2, 0) is 71.4 Å². The number of unbranched alkanes of at least 4 members (excludes halogenated alkanes) is 1. The number of amides is 2. The van der Waals surface area contributed by atoms with Crippen molar-refractivity contribution in [3.05, 3.63) is 0 Å². The summed E-state index contributed by atoms with van der Waals surface area (Å²) in [6.07, 6.45) is 3.39. The lowest BCUT2D eigenvalue weighted by atomic mass is 10.4. The molecule has 0 spiro atoms. The monoisotopic (exact) mass is 843 g/mol. The van der Waals surface area contributed by atoms with Gasteiger partial charge in [0.05, 0.1) is 34.5 Å². The maximum absolute atomic E-state index is 10.1. The van der Waals surface area contributed by atoms with Crippen molar-refractivity contribution in [2.24, 2.45) is 0 Å². The molecule has 0 aromatic heterocycles. The number of alkyl carbamates (subject to hydrolysis) is 1. The van der Waals surface area contributed by atoms with Crippen LogP contribution in [0.4, 0.5) is 4.79 Å². The molecule has 0 aliphatic rings. The number of ether oxygens (including phenoxy) is 9. The first-order valence-corrected chi connectivity index (χ1v) is 18.1. The summed E-state index contributed by atoms with van der Waals surface area (Å²) >= 11 is 0. The van der Waals surface area contributed by atoms with Crippen LogP contribution in [0.1, 0.15) is 116 Å². The second kappa shape index (κ2) is 104. The molecule has 352 valence electrons. The molecule has 0 aromatic carbocycles. The minimum absolute atomic E-state index is 0.00463. The topological polar surface area (TPSA) is 227 Å². The number of ketones is 1. The van der Waals surface area contributed by atoms with Crippen LogP contribution in [-0.4, -0.2) is 146 Å². The molecule has 0 fully saturated rings. The van der Waals surface area contributed by atoms with Crippen molar-refractivity contribution in [1.82, 2.24) is 10.6 Å². The fraction of sp³-hybridized carbons (Fsp3) is 0.821. The zero-order valence-corrected chi connectivity index (χ0v) is 40.7. The van der Waals surface area contributed by atoms with Crippen LogP contribution < -0.4 is 10.6 Å². The number of hydrogen-bond acceptors (Lipinski definition) is 16. The smallest absolute Gasteiger partial charge is 0.406 e. The van der Waals surface area contributed by atoms with Crippen molar-refractivity contribution < 1.29 is 76.2 Å². The van der Waals surface area contributed by atoms with E-state index in [1.807, 2.05) is 13.8 Å². The molecular formula is C39H90N2O16. The first-order chi connectivity index (χ1) is 26.5. The molecule has 0 heterocycles. The second-order valence-corrected chi connectivity index (χ2v) is 9.25. The van der Waals surface area contributed by atoms with Crippen molar-refractivity contribution in [3.63, 3.8) is 0 Å². The molecule has 57 heavy (non-hydrogen) atoms. The van der Waals surface area contributed by atoms with E-state index in [1.165, 1.54) is 89.7 Å². The van der Waals surface area contributed by atoms with Crippen LogP contribution in [0.5, 0.6) is 0 Å². The highest BCUT2D eigenvalue weighted by Crippen LogP contribution is 1.77. The van der Waals surface area contributed by atoms with Gasteiger partial charge in [0.1, 0.15) is 5.78 Å². The van der Waals surface area contributed by atoms with Crippen molar-refractivity contribution in [1.29, 1.82) is 0 Å². The summed E-state index contributed by atoms with van der Waals surface area (Å²) in [5, 5.41) is 4.69. The zero-order chi connectivity index (χ0) is 48.5. The predicted molar refractivity (Wildman–Crippen MR) is 228 cm³/mol. The molecule has 0 rings (SSSR count). The summed E-state index contributed by atoms with van der Waals surface area (Å²) < 4.78 is 39.2. The molecule has 2 amide bonds. The molecule has 0 saturated carbocycles. The molecule has 0 aromatic rings. The Morgan fingerprint density at radius 3 is 0.649 bits per heavy atom. The minimum atomic E-state index is -0.373. The van der Waals surface area contributed by atoms with Crippen LogP contribution in [0, 0.1) is 0 Å². The molecule has 0 bridgehead atoms. The van der Waals surface area contributed by atoms with E-state index in [9.17, 15) is 33.6 Å². The van der Waals surface area contributed by atoms with Crippen LogP contribution >= 0.6 is 0 Å². The molecular weight excluding hydrogens is 752 g/mol. The highest BCUT2D eigenvalue weighted by atomic mass is 16.6. The third-order valence-corrected chi connectivity index (χ3v) is 3.53. The standard InChI is InChI=1S/C4H9NO2.C4H8O2.C4H10O.C4H10.C3H7NO.3C3H6O2.2C3H8O.C3H6O.C2H6O/c1-3-7-4(6)5-2;1-3-6-4(2)5;1-3-4-5-2;1-3-4-2;1-3(5)4-2;3*1-3(4)5-2;2*1-3-4-2;1-3(2)4;1-3-2/h3H2,1-2H3,(H,5,6);3H2,1-2H3;3-4H2,1-2H3;3-4H2,1-2H3;1-2H3,(H,4,5);3*1-2H3;2*3H2,1-2H3;1-2H3;1-2H3. The van der Waals surface area contributed by atoms with E-state index in [2.05, 4.69) is 69.3 Å². The fourth-order valence-electron chi connectivity index (χ4n) is 0.611. The highest BCUT2D eigenvalue weighted by Gasteiger charge is 1.89. The van der Waals surface area contributed by atoms with E-state index in [0.717, 1.165) is 26.2 Å². The summed E-state index contributed by atoms with van der Waals surface area (Å²) in [5.41, 5.74) is 0. The molecule has 0 aliphatic heterocycles. The Labute approximate surface area is 348 Å². The van der Waals surface area contributed by atoms with Crippen molar-refractivity contribution in [2.45, 2.75) is 116 Å². The summed E-state index contributed by atoms with van der Waals surface area (Å²) in [6, 6.07) is 0. The number of esters is 4. The first kappa shape index (κ1) is 85.3. The predicted octanol–water partition coefficient (Wildman–Crippen LogP) is 6.23. The van der Waals surface area contributed by atoms with E-state index in [0.29, 0.717) is 13.2 Å². The van der Waals surface area contributed by atoms with Gasteiger partial charge in [-0.25, -0.2) is 4.79 Å². The molecule has 18 nitrogen and oxygen atoms in total. The Balaban J connectivity index is -0.0000000390. The van der Waals surface area contributed by atoms with Crippen LogP contribution in [0.15, 0.2) is 0 Å². The number of rotatable bonds is 7. The lowest BCUT2D eigenvalue weighted by Crippen LogP contribution is -2.18. The van der Waals surface area contributed by atoms with Gasteiger partial charge < -0.3 is 58.1 Å². The van der Waals surface area contributed by atoms with E-state index in [-0.39, 0.29) is 41.7 Å². The lowest BCUT2D eigenvalue weighted by molar-refractivity contribution is -0.140. The number of nitrogens with one attached hydrogen (secondary N) is 2. The van der Waals surface area contributed by atoms with E-state index in [1.54, 1.807) is 56.4 Å². The van der Waals surface area contributed by atoms with Gasteiger partial charge in [-0.05, 0) is 48.0 Å². The first-order valence-electron chi connectivity index (χ1n) is 18.1. The van der Waals surface area contributed by atoms with Crippen molar-refractivity contribution in [2.75, 3.05) is 104 Å². The number of hydrogen-bond donors (Lipinski definition) is 2. The largest absolute Gasteiger partial charge is 0.469 e. The van der Waals surface area contributed by atoms with Gasteiger partial charge in [-0.2, -0.15) is 0 Å². The molecule has 0 radical (unpaired) electrons. The van der Waals surface area contributed by atoms with Gasteiger partial charge in [0, 0.05) is 104 Å². The molecule has 0 aliphatic carbocycles. The molecule has 2 N–H and O–H groups in total. The number of methoxy groups -OCH3 is 7. The van der Waals surface area contributed by atoms with Gasteiger partial charge in [-0.15, -0.1) is 0 Å². The number of carbonyl (C=O) groups is 7. The second-order valence-electron chi connectivity index (χ2n) is 9.25. The zero-order valence-electron chi connectivity index (χ0n) is 40.7. The third kappa shape index (κ3) is 446. The third-order valence-electron chi connectivity index (χ3n) is 3.53. The van der Waals surface area contributed by atoms with E-state index in [4.69, 9.17) is 4.74 Å². The molecule has 0 unspecified atom stereocenters. The summed E-state index contributed by atoms with van der Waals surface area (Å²) in [4.78, 5) is 67.8. The summed E-state index contributed by atoms with van der Waals surface area (Å²) in [7, 11) is 15.5. The Hall–Kier alpha value is -3.87. The fourth-order valence-corrected chi connectivity index (χ4v) is 0.611. The number of Topliss-reactive ketones (excluding diaryl/α,β-unsaturated/α-hetero) is 1. The van der Waals surface area contributed by atoms with E-state index >= 15 is 0 Å². The average Bonchev–Trinajstić information content (AvgIpc) is 3.16. The summed E-state index contributed by atoms with van der Waals surface area (Å²) in [5.74, 6) is -0.775. The van der Waals surface area contributed by atoms with Crippen LogP contribution in [0.3, 0.4) is 0 Å².